The van der Waals surface area contributed by atoms with Gasteiger partial charge in [-0.3, -0.25) is 9.20 Å². The van der Waals surface area contributed by atoms with Crippen LogP contribution in [0.25, 0.3) is 5.65 Å². The molecule has 0 fully saturated rings. The minimum Gasteiger partial charge on any atom is -0.497 e. The number of ether oxygens (including phenoxy) is 2. The molecule has 8 heteroatoms. The van der Waals surface area contributed by atoms with Gasteiger partial charge < -0.3 is 14.8 Å². The van der Waals surface area contributed by atoms with E-state index in [1.165, 1.54) is 0 Å². The third kappa shape index (κ3) is 4.80. The first-order chi connectivity index (χ1) is 15.2. The number of amides is 1. The average Bonchev–Trinajstić information content (AvgIpc) is 3.24. The molecule has 0 spiro atoms. The van der Waals surface area contributed by atoms with E-state index in [-0.39, 0.29) is 5.91 Å². The van der Waals surface area contributed by atoms with Crippen molar-refractivity contribution >= 4 is 23.3 Å². The molecule has 158 valence electrons. The lowest BCUT2D eigenvalue weighted by Crippen LogP contribution is -2.23. The summed E-state index contributed by atoms with van der Waals surface area (Å²) >= 11 is 1.60. The monoisotopic (exact) mass is 434 g/mol. The molecule has 0 saturated carbocycles. The normalized spacial score (nSPS) is 10.8. The Bertz CT molecular complexity index is 1190. The van der Waals surface area contributed by atoms with Gasteiger partial charge in [0.15, 0.2) is 10.8 Å². The highest BCUT2D eigenvalue weighted by Gasteiger charge is 2.10. The minimum absolute atomic E-state index is 0.138. The molecule has 0 radical (unpaired) electrons. The SMILES string of the molecule is COc1ccc(CNC(=O)c2ccc(CSc3nnc4ccccn34)cc2)c(OC)c1. The summed E-state index contributed by atoms with van der Waals surface area (Å²) in [6.45, 7) is 0.365. The molecule has 0 unspecified atom stereocenters. The number of hydrogen-bond acceptors (Lipinski definition) is 6. The Kier molecular flexibility index (Phi) is 6.37. The van der Waals surface area contributed by atoms with Crippen molar-refractivity contribution in [1.82, 2.24) is 19.9 Å². The van der Waals surface area contributed by atoms with Gasteiger partial charge in [0.25, 0.3) is 5.91 Å². The number of carbonyl (C=O) groups is 1. The second-order valence-electron chi connectivity index (χ2n) is 6.76. The summed E-state index contributed by atoms with van der Waals surface area (Å²) in [4.78, 5) is 12.5. The second-order valence-corrected chi connectivity index (χ2v) is 7.70. The smallest absolute Gasteiger partial charge is 0.251 e. The van der Waals surface area contributed by atoms with Crippen LogP contribution in [0.2, 0.25) is 0 Å². The van der Waals surface area contributed by atoms with Gasteiger partial charge in [-0.05, 0) is 42.0 Å². The van der Waals surface area contributed by atoms with E-state index >= 15 is 0 Å². The minimum atomic E-state index is -0.138. The fraction of sp³-hybridized carbons (Fsp3) is 0.174. The van der Waals surface area contributed by atoms with E-state index in [1.54, 1.807) is 32.0 Å². The summed E-state index contributed by atoms with van der Waals surface area (Å²) in [5, 5.41) is 12.2. The van der Waals surface area contributed by atoms with Crippen LogP contribution < -0.4 is 14.8 Å². The Balaban J connectivity index is 1.35. The zero-order valence-corrected chi connectivity index (χ0v) is 18.1. The van der Waals surface area contributed by atoms with Crippen LogP contribution in [0.4, 0.5) is 0 Å². The van der Waals surface area contributed by atoms with E-state index < -0.39 is 0 Å². The highest BCUT2D eigenvalue weighted by Crippen LogP contribution is 2.25. The molecule has 0 aliphatic rings. The summed E-state index contributed by atoms with van der Waals surface area (Å²) in [6, 6.07) is 18.9. The first kappa shape index (κ1) is 20.7. The number of aromatic nitrogens is 3. The van der Waals surface area contributed by atoms with E-state index in [9.17, 15) is 4.79 Å². The molecular formula is C23H22N4O3S. The molecule has 4 aromatic rings. The number of rotatable bonds is 8. The standard InChI is InChI=1S/C23H22N4O3S/c1-29-19-11-10-18(20(13-19)30-2)14-24-22(28)17-8-6-16(7-9-17)15-31-23-26-25-21-5-3-4-12-27(21)23/h3-13H,14-15H2,1-2H3,(H,24,28). The fourth-order valence-electron chi connectivity index (χ4n) is 3.09. The van der Waals surface area contributed by atoms with Gasteiger partial charge in [-0.2, -0.15) is 0 Å². The predicted molar refractivity (Wildman–Crippen MR) is 120 cm³/mol. The van der Waals surface area contributed by atoms with Gasteiger partial charge in [0.2, 0.25) is 0 Å². The van der Waals surface area contributed by atoms with Crippen LogP contribution in [0.1, 0.15) is 21.5 Å². The van der Waals surface area contributed by atoms with Gasteiger partial charge in [-0.25, -0.2) is 0 Å². The van der Waals surface area contributed by atoms with Crippen molar-refractivity contribution in [3.63, 3.8) is 0 Å². The molecule has 0 atom stereocenters. The maximum absolute atomic E-state index is 12.5. The number of nitrogens with zero attached hydrogens (tertiary/aromatic N) is 3. The van der Waals surface area contributed by atoms with Gasteiger partial charge in [0.05, 0.1) is 14.2 Å². The van der Waals surface area contributed by atoms with E-state index in [0.717, 1.165) is 27.7 Å². The molecular weight excluding hydrogens is 412 g/mol. The Morgan fingerprint density at radius 2 is 1.87 bits per heavy atom. The molecule has 0 saturated heterocycles. The Labute approximate surface area is 184 Å². The quantitative estimate of drug-likeness (QED) is 0.423. The van der Waals surface area contributed by atoms with Crippen LogP contribution in [-0.2, 0) is 12.3 Å². The van der Waals surface area contributed by atoms with Crippen LogP contribution >= 0.6 is 11.8 Å². The Morgan fingerprint density at radius 3 is 2.65 bits per heavy atom. The van der Waals surface area contributed by atoms with Crippen molar-refractivity contribution < 1.29 is 14.3 Å². The Hall–Kier alpha value is -3.52. The fourth-order valence-corrected chi connectivity index (χ4v) is 3.97. The molecule has 1 amide bonds. The molecule has 0 aliphatic heterocycles. The molecule has 2 aromatic heterocycles. The predicted octanol–water partition coefficient (Wildman–Crippen LogP) is 3.97. The second kappa shape index (κ2) is 9.53. The summed E-state index contributed by atoms with van der Waals surface area (Å²) in [5.41, 5.74) is 3.41. The molecule has 2 aromatic carbocycles. The third-order valence-corrected chi connectivity index (χ3v) is 5.81. The number of benzene rings is 2. The summed E-state index contributed by atoms with van der Waals surface area (Å²) in [6.07, 6.45) is 1.95. The van der Waals surface area contributed by atoms with E-state index in [2.05, 4.69) is 15.5 Å². The Morgan fingerprint density at radius 1 is 1.03 bits per heavy atom. The van der Waals surface area contributed by atoms with Crippen molar-refractivity contribution in [2.45, 2.75) is 17.5 Å². The topological polar surface area (TPSA) is 77.8 Å². The lowest BCUT2D eigenvalue weighted by Gasteiger charge is -2.11. The van der Waals surface area contributed by atoms with Gasteiger partial charge >= 0.3 is 0 Å². The average molecular weight is 435 g/mol. The van der Waals surface area contributed by atoms with Crippen LogP contribution in [0.5, 0.6) is 11.5 Å². The van der Waals surface area contributed by atoms with Crippen molar-refractivity contribution in [2.24, 2.45) is 0 Å². The molecule has 1 N–H and O–H groups in total. The first-order valence-electron chi connectivity index (χ1n) is 9.68. The number of hydrogen-bond donors (Lipinski definition) is 1. The molecule has 0 bridgehead atoms. The van der Waals surface area contributed by atoms with E-state index in [4.69, 9.17) is 9.47 Å². The van der Waals surface area contributed by atoms with Crippen LogP contribution in [0.3, 0.4) is 0 Å². The zero-order chi connectivity index (χ0) is 21.6. The molecule has 0 aliphatic carbocycles. The van der Waals surface area contributed by atoms with Gasteiger partial charge in [0, 0.05) is 35.7 Å². The maximum Gasteiger partial charge on any atom is 0.251 e. The lowest BCUT2D eigenvalue weighted by molar-refractivity contribution is 0.0950. The lowest BCUT2D eigenvalue weighted by atomic mass is 10.1. The number of carbonyl (C=O) groups excluding carboxylic acids is 1. The van der Waals surface area contributed by atoms with Gasteiger partial charge in [0.1, 0.15) is 11.5 Å². The maximum atomic E-state index is 12.5. The van der Waals surface area contributed by atoms with Crippen molar-refractivity contribution in [2.75, 3.05) is 14.2 Å². The zero-order valence-electron chi connectivity index (χ0n) is 17.2. The number of fused-ring (bicyclic) bond motifs is 1. The van der Waals surface area contributed by atoms with Crippen molar-refractivity contribution in [3.8, 4) is 11.5 Å². The molecule has 4 rings (SSSR count). The third-order valence-electron chi connectivity index (χ3n) is 4.80. The summed E-state index contributed by atoms with van der Waals surface area (Å²) < 4.78 is 12.5. The molecule has 2 heterocycles. The van der Waals surface area contributed by atoms with E-state index in [0.29, 0.717) is 23.6 Å². The largest absolute Gasteiger partial charge is 0.497 e. The van der Waals surface area contributed by atoms with Crippen LogP contribution in [0, 0.1) is 0 Å². The first-order valence-corrected chi connectivity index (χ1v) is 10.7. The van der Waals surface area contributed by atoms with Crippen LogP contribution in [-0.4, -0.2) is 34.7 Å². The molecule has 31 heavy (non-hydrogen) atoms. The van der Waals surface area contributed by atoms with E-state index in [1.807, 2.05) is 65.2 Å². The molecule has 7 nitrogen and oxygen atoms in total. The van der Waals surface area contributed by atoms with Crippen molar-refractivity contribution in [3.05, 3.63) is 83.6 Å². The number of pyridine rings is 1. The number of nitrogens with one attached hydrogen (secondary N) is 1. The van der Waals surface area contributed by atoms with Gasteiger partial charge in [-0.1, -0.05) is 30.0 Å². The highest BCUT2D eigenvalue weighted by atomic mass is 32.2. The number of thioether (sulfide) groups is 1. The highest BCUT2D eigenvalue weighted by molar-refractivity contribution is 7.98. The van der Waals surface area contributed by atoms with Crippen molar-refractivity contribution in [1.29, 1.82) is 0 Å². The number of methoxy groups -OCH3 is 2. The van der Waals surface area contributed by atoms with Crippen LogP contribution in [0.15, 0.2) is 72.0 Å². The summed E-state index contributed by atoms with van der Waals surface area (Å²) in [7, 11) is 3.20. The summed E-state index contributed by atoms with van der Waals surface area (Å²) in [5.74, 6) is 1.98. The van der Waals surface area contributed by atoms with Gasteiger partial charge in [-0.15, -0.1) is 10.2 Å².